The van der Waals surface area contributed by atoms with Gasteiger partial charge in [-0.25, -0.2) is 4.98 Å². The van der Waals surface area contributed by atoms with Gasteiger partial charge in [0, 0.05) is 0 Å². The number of nitrogens with two attached hydrogens (primary N) is 1. The standard InChI is InChI=1S/C11H10N2O2S/c12-11-13-7-8(14)5-3-1-2-4-6(5)9(15)10(7)16-11/h1-4,8-9,14-15H,(H2,12,13). The Balaban J connectivity index is 2.25. The first-order valence-electron chi connectivity index (χ1n) is 4.89. The van der Waals surface area contributed by atoms with Gasteiger partial charge in [-0.1, -0.05) is 35.6 Å². The fraction of sp³-hybridized carbons (Fsp3) is 0.182. The molecule has 3 rings (SSSR count). The molecule has 16 heavy (non-hydrogen) atoms. The van der Waals surface area contributed by atoms with E-state index in [1.807, 2.05) is 18.2 Å². The zero-order valence-electron chi connectivity index (χ0n) is 8.29. The topological polar surface area (TPSA) is 79.4 Å². The Bertz CT molecular complexity index is 506. The molecule has 0 amide bonds. The second-order valence-electron chi connectivity index (χ2n) is 3.74. The first kappa shape index (κ1) is 9.77. The minimum atomic E-state index is -0.789. The summed E-state index contributed by atoms with van der Waals surface area (Å²) in [6.45, 7) is 0. The summed E-state index contributed by atoms with van der Waals surface area (Å²) >= 11 is 1.22. The predicted octanol–water partition coefficient (Wildman–Crippen LogP) is 1.20. The molecule has 5 heteroatoms. The number of rotatable bonds is 0. The van der Waals surface area contributed by atoms with Crippen molar-refractivity contribution in [2.75, 3.05) is 5.73 Å². The quantitative estimate of drug-likeness (QED) is 0.640. The highest BCUT2D eigenvalue weighted by Gasteiger charge is 2.33. The molecule has 1 aromatic carbocycles. The molecule has 82 valence electrons. The van der Waals surface area contributed by atoms with Gasteiger partial charge in [-0.3, -0.25) is 0 Å². The lowest BCUT2D eigenvalue weighted by Gasteiger charge is -2.24. The first-order valence-corrected chi connectivity index (χ1v) is 5.71. The van der Waals surface area contributed by atoms with E-state index in [9.17, 15) is 10.2 Å². The molecule has 0 bridgehead atoms. The van der Waals surface area contributed by atoms with Crippen LogP contribution in [0.25, 0.3) is 0 Å². The maximum absolute atomic E-state index is 10.1. The highest BCUT2D eigenvalue weighted by atomic mass is 32.1. The number of nitrogen functional groups attached to an aromatic ring is 1. The highest BCUT2D eigenvalue weighted by Crippen LogP contribution is 2.43. The maximum atomic E-state index is 10.1. The second-order valence-corrected chi connectivity index (χ2v) is 4.80. The Labute approximate surface area is 96.0 Å². The zero-order chi connectivity index (χ0) is 11.3. The van der Waals surface area contributed by atoms with Crippen LogP contribution < -0.4 is 5.73 Å². The SMILES string of the molecule is Nc1nc2c(s1)C(O)c1ccccc1C2O. The maximum Gasteiger partial charge on any atom is 0.180 e. The molecule has 1 aliphatic rings. The lowest BCUT2D eigenvalue weighted by atomic mass is 9.89. The lowest BCUT2D eigenvalue weighted by Crippen LogP contribution is -2.16. The van der Waals surface area contributed by atoms with E-state index >= 15 is 0 Å². The van der Waals surface area contributed by atoms with Crippen LogP contribution in [0, 0.1) is 0 Å². The van der Waals surface area contributed by atoms with Crippen molar-refractivity contribution in [2.45, 2.75) is 12.2 Å². The van der Waals surface area contributed by atoms with E-state index in [1.165, 1.54) is 11.3 Å². The predicted molar refractivity (Wildman–Crippen MR) is 61.1 cm³/mol. The van der Waals surface area contributed by atoms with Crippen LogP contribution in [0.5, 0.6) is 0 Å². The lowest BCUT2D eigenvalue weighted by molar-refractivity contribution is 0.173. The summed E-state index contributed by atoms with van der Waals surface area (Å²) in [6, 6.07) is 7.27. The number of aromatic nitrogens is 1. The molecule has 0 saturated heterocycles. The largest absolute Gasteiger partial charge is 0.383 e. The van der Waals surface area contributed by atoms with E-state index in [0.717, 1.165) is 5.56 Å². The molecule has 0 aliphatic heterocycles. The molecule has 0 radical (unpaired) electrons. The van der Waals surface area contributed by atoms with Crippen LogP contribution in [0.3, 0.4) is 0 Å². The van der Waals surface area contributed by atoms with Gasteiger partial charge in [0.1, 0.15) is 12.2 Å². The summed E-state index contributed by atoms with van der Waals surface area (Å²) in [5, 5.41) is 20.6. The van der Waals surface area contributed by atoms with Crippen molar-refractivity contribution >= 4 is 16.5 Å². The molecule has 0 fully saturated rings. The third-order valence-electron chi connectivity index (χ3n) is 2.79. The van der Waals surface area contributed by atoms with Gasteiger partial charge < -0.3 is 15.9 Å². The number of nitrogens with zero attached hydrogens (tertiary/aromatic N) is 1. The van der Waals surface area contributed by atoms with Crippen molar-refractivity contribution in [1.82, 2.24) is 4.98 Å². The fourth-order valence-electron chi connectivity index (χ4n) is 2.05. The van der Waals surface area contributed by atoms with E-state index in [-0.39, 0.29) is 0 Å². The van der Waals surface area contributed by atoms with E-state index in [0.29, 0.717) is 21.3 Å². The van der Waals surface area contributed by atoms with Crippen molar-refractivity contribution in [1.29, 1.82) is 0 Å². The average Bonchev–Trinajstić information content (AvgIpc) is 2.68. The Morgan fingerprint density at radius 1 is 1.12 bits per heavy atom. The van der Waals surface area contributed by atoms with Crippen LogP contribution in [0.1, 0.15) is 33.9 Å². The van der Waals surface area contributed by atoms with Crippen LogP contribution in [0.15, 0.2) is 24.3 Å². The van der Waals surface area contributed by atoms with E-state index in [4.69, 9.17) is 5.73 Å². The summed E-state index contributed by atoms with van der Waals surface area (Å²) in [6.07, 6.45) is -1.52. The van der Waals surface area contributed by atoms with Crippen molar-refractivity contribution in [3.05, 3.63) is 46.0 Å². The third-order valence-corrected chi connectivity index (χ3v) is 3.74. The number of fused-ring (bicyclic) bond motifs is 2. The summed E-state index contributed by atoms with van der Waals surface area (Å²) in [5.41, 5.74) is 7.51. The Morgan fingerprint density at radius 2 is 1.75 bits per heavy atom. The summed E-state index contributed by atoms with van der Waals surface area (Å²) in [4.78, 5) is 4.71. The van der Waals surface area contributed by atoms with Crippen molar-refractivity contribution in [3.8, 4) is 0 Å². The van der Waals surface area contributed by atoms with Gasteiger partial charge in [-0.15, -0.1) is 0 Å². The zero-order valence-corrected chi connectivity index (χ0v) is 9.11. The highest BCUT2D eigenvalue weighted by molar-refractivity contribution is 7.15. The van der Waals surface area contributed by atoms with E-state index in [2.05, 4.69) is 4.98 Å². The molecule has 1 aromatic heterocycles. The van der Waals surface area contributed by atoms with E-state index in [1.54, 1.807) is 6.07 Å². The third kappa shape index (κ3) is 1.19. The summed E-state index contributed by atoms with van der Waals surface area (Å²) in [7, 11) is 0. The van der Waals surface area contributed by atoms with Crippen molar-refractivity contribution < 1.29 is 10.2 Å². The van der Waals surface area contributed by atoms with Crippen LogP contribution in [0.2, 0.25) is 0 Å². The molecule has 4 N–H and O–H groups in total. The number of thiazole rings is 1. The van der Waals surface area contributed by atoms with E-state index < -0.39 is 12.2 Å². The Morgan fingerprint density at radius 3 is 2.44 bits per heavy atom. The molecule has 2 aromatic rings. The number of aliphatic hydroxyl groups excluding tert-OH is 2. The molecular formula is C11H10N2O2S. The van der Waals surface area contributed by atoms with Crippen LogP contribution in [-0.2, 0) is 0 Å². The fourth-order valence-corrected chi connectivity index (χ4v) is 2.92. The number of anilines is 1. The minimum Gasteiger partial charge on any atom is -0.383 e. The normalized spacial score (nSPS) is 22.6. The minimum absolute atomic E-state index is 0.371. The number of hydrogen-bond donors (Lipinski definition) is 3. The van der Waals surface area contributed by atoms with Gasteiger partial charge in [0.2, 0.25) is 0 Å². The van der Waals surface area contributed by atoms with Crippen LogP contribution >= 0.6 is 11.3 Å². The van der Waals surface area contributed by atoms with Gasteiger partial charge in [-0.2, -0.15) is 0 Å². The summed E-state index contributed by atoms with van der Waals surface area (Å²) < 4.78 is 0. The number of aliphatic hydroxyl groups is 2. The van der Waals surface area contributed by atoms with Crippen molar-refractivity contribution in [2.24, 2.45) is 0 Å². The van der Waals surface area contributed by atoms with Gasteiger partial charge in [0.05, 0.1) is 10.6 Å². The molecule has 2 atom stereocenters. The molecular weight excluding hydrogens is 224 g/mol. The molecule has 1 heterocycles. The number of hydrogen-bond acceptors (Lipinski definition) is 5. The molecule has 2 unspecified atom stereocenters. The van der Waals surface area contributed by atoms with Gasteiger partial charge in [0.25, 0.3) is 0 Å². The van der Waals surface area contributed by atoms with Gasteiger partial charge in [0.15, 0.2) is 5.13 Å². The van der Waals surface area contributed by atoms with Crippen LogP contribution in [-0.4, -0.2) is 15.2 Å². The number of benzene rings is 1. The monoisotopic (exact) mass is 234 g/mol. The Hall–Kier alpha value is -1.43. The van der Waals surface area contributed by atoms with Crippen molar-refractivity contribution in [3.63, 3.8) is 0 Å². The average molecular weight is 234 g/mol. The molecule has 0 saturated carbocycles. The first-order chi connectivity index (χ1) is 7.68. The summed E-state index contributed by atoms with van der Waals surface area (Å²) in [5.74, 6) is 0. The molecule has 4 nitrogen and oxygen atoms in total. The Kier molecular flexibility index (Phi) is 2.00. The van der Waals surface area contributed by atoms with Gasteiger partial charge >= 0.3 is 0 Å². The molecule has 0 spiro atoms. The molecule has 1 aliphatic carbocycles. The smallest absolute Gasteiger partial charge is 0.180 e. The second kappa shape index (κ2) is 3.28. The van der Waals surface area contributed by atoms with Gasteiger partial charge in [-0.05, 0) is 11.1 Å². The van der Waals surface area contributed by atoms with Crippen LogP contribution in [0.4, 0.5) is 5.13 Å².